The molecule has 26 heavy (non-hydrogen) atoms. The molecule has 0 unspecified atom stereocenters. The fourth-order valence-corrected chi connectivity index (χ4v) is 3.83. The summed E-state index contributed by atoms with van der Waals surface area (Å²) < 4.78 is 37.6. The van der Waals surface area contributed by atoms with Crippen LogP contribution in [0.15, 0.2) is 57.9 Å². The molecule has 1 aliphatic rings. The lowest BCUT2D eigenvalue weighted by Crippen LogP contribution is -2.26. The standard InChI is InChI=1S/C18H17N3O4S/c22-26(23,15-4-2-1-3-5-15)19-10-8-17-20-18(21-25-17)14-6-7-16-13(12-14)9-11-24-16/h1-7,12,19H,8-11H2. The second-order valence-electron chi connectivity index (χ2n) is 5.89. The fraction of sp³-hybridized carbons (Fsp3) is 0.222. The maximum atomic E-state index is 12.2. The highest BCUT2D eigenvalue weighted by Crippen LogP contribution is 2.29. The molecule has 2 heterocycles. The van der Waals surface area contributed by atoms with E-state index in [2.05, 4.69) is 14.9 Å². The van der Waals surface area contributed by atoms with E-state index in [4.69, 9.17) is 9.26 Å². The SMILES string of the molecule is O=S(=O)(NCCc1nc(-c2ccc3c(c2)CCO3)no1)c1ccccc1. The number of benzene rings is 2. The van der Waals surface area contributed by atoms with Gasteiger partial charge < -0.3 is 9.26 Å². The second-order valence-corrected chi connectivity index (χ2v) is 7.66. The topological polar surface area (TPSA) is 94.3 Å². The van der Waals surface area contributed by atoms with Crippen molar-refractivity contribution in [1.82, 2.24) is 14.9 Å². The molecule has 0 fully saturated rings. The van der Waals surface area contributed by atoms with E-state index in [9.17, 15) is 8.42 Å². The summed E-state index contributed by atoms with van der Waals surface area (Å²) in [4.78, 5) is 4.57. The molecular weight excluding hydrogens is 354 g/mol. The molecule has 134 valence electrons. The van der Waals surface area contributed by atoms with Gasteiger partial charge in [0.1, 0.15) is 5.75 Å². The minimum atomic E-state index is -3.54. The quantitative estimate of drug-likeness (QED) is 0.714. The van der Waals surface area contributed by atoms with E-state index < -0.39 is 10.0 Å². The number of rotatable bonds is 6. The highest BCUT2D eigenvalue weighted by Gasteiger charge is 2.16. The van der Waals surface area contributed by atoms with Gasteiger partial charge in [0.2, 0.25) is 21.7 Å². The van der Waals surface area contributed by atoms with Crippen molar-refractivity contribution < 1.29 is 17.7 Å². The minimum Gasteiger partial charge on any atom is -0.493 e. The molecule has 1 aliphatic heterocycles. The average Bonchev–Trinajstić information content (AvgIpc) is 3.31. The molecule has 4 rings (SSSR count). The predicted molar refractivity (Wildman–Crippen MR) is 94.3 cm³/mol. The van der Waals surface area contributed by atoms with Crippen LogP contribution in [-0.2, 0) is 22.9 Å². The van der Waals surface area contributed by atoms with Gasteiger partial charge in [0, 0.05) is 24.9 Å². The summed E-state index contributed by atoms with van der Waals surface area (Å²) in [6.45, 7) is 0.870. The molecule has 0 saturated carbocycles. The summed E-state index contributed by atoms with van der Waals surface area (Å²) in [5, 5.41) is 3.98. The van der Waals surface area contributed by atoms with E-state index in [1.807, 2.05) is 18.2 Å². The molecular formula is C18H17N3O4S. The summed E-state index contributed by atoms with van der Waals surface area (Å²) in [7, 11) is -3.54. The van der Waals surface area contributed by atoms with E-state index in [0.29, 0.717) is 24.7 Å². The Morgan fingerprint density at radius 3 is 2.81 bits per heavy atom. The third kappa shape index (κ3) is 3.47. The van der Waals surface area contributed by atoms with Crippen LogP contribution in [-0.4, -0.2) is 31.7 Å². The molecule has 0 aliphatic carbocycles. The van der Waals surface area contributed by atoms with Crippen molar-refractivity contribution in [2.45, 2.75) is 17.7 Å². The van der Waals surface area contributed by atoms with Crippen LogP contribution in [0.1, 0.15) is 11.5 Å². The van der Waals surface area contributed by atoms with Crippen molar-refractivity contribution >= 4 is 10.0 Å². The van der Waals surface area contributed by atoms with Crippen molar-refractivity contribution in [2.75, 3.05) is 13.2 Å². The summed E-state index contributed by atoms with van der Waals surface area (Å²) >= 11 is 0. The molecule has 1 aromatic heterocycles. The maximum Gasteiger partial charge on any atom is 0.240 e. The zero-order valence-electron chi connectivity index (χ0n) is 13.9. The third-order valence-corrected chi connectivity index (χ3v) is 5.58. The lowest BCUT2D eigenvalue weighted by molar-refractivity contribution is 0.357. The van der Waals surface area contributed by atoms with Crippen LogP contribution in [0.4, 0.5) is 0 Å². The molecule has 0 saturated heterocycles. The van der Waals surface area contributed by atoms with Crippen LogP contribution in [0.5, 0.6) is 5.75 Å². The van der Waals surface area contributed by atoms with Crippen LogP contribution in [0, 0.1) is 0 Å². The van der Waals surface area contributed by atoms with Crippen LogP contribution in [0.3, 0.4) is 0 Å². The van der Waals surface area contributed by atoms with E-state index in [1.54, 1.807) is 30.3 Å². The number of sulfonamides is 1. The monoisotopic (exact) mass is 371 g/mol. The van der Waals surface area contributed by atoms with Crippen LogP contribution in [0.2, 0.25) is 0 Å². The zero-order valence-corrected chi connectivity index (χ0v) is 14.7. The number of ether oxygens (including phenoxy) is 1. The van der Waals surface area contributed by atoms with E-state index >= 15 is 0 Å². The van der Waals surface area contributed by atoms with Crippen LogP contribution < -0.4 is 9.46 Å². The highest BCUT2D eigenvalue weighted by atomic mass is 32.2. The lowest BCUT2D eigenvalue weighted by Gasteiger charge is -2.04. The number of fused-ring (bicyclic) bond motifs is 1. The molecule has 0 bridgehead atoms. The van der Waals surface area contributed by atoms with Gasteiger partial charge in [-0.25, -0.2) is 13.1 Å². The van der Waals surface area contributed by atoms with Gasteiger partial charge in [-0.3, -0.25) is 0 Å². The fourth-order valence-electron chi connectivity index (χ4n) is 2.77. The number of hydrogen-bond donors (Lipinski definition) is 1. The molecule has 7 nitrogen and oxygen atoms in total. The van der Waals surface area contributed by atoms with E-state index in [0.717, 1.165) is 23.3 Å². The first-order chi connectivity index (χ1) is 12.6. The smallest absolute Gasteiger partial charge is 0.240 e. The van der Waals surface area contributed by atoms with E-state index in [-0.39, 0.29) is 11.4 Å². The van der Waals surface area contributed by atoms with Crippen molar-refractivity contribution in [1.29, 1.82) is 0 Å². The maximum absolute atomic E-state index is 12.2. The summed E-state index contributed by atoms with van der Waals surface area (Å²) in [5.41, 5.74) is 1.98. The Hall–Kier alpha value is -2.71. The first-order valence-corrected chi connectivity index (χ1v) is 9.73. The normalized spacial score (nSPS) is 13.4. The Morgan fingerprint density at radius 1 is 1.12 bits per heavy atom. The van der Waals surface area contributed by atoms with Crippen molar-refractivity contribution in [3.05, 3.63) is 60.0 Å². The highest BCUT2D eigenvalue weighted by molar-refractivity contribution is 7.89. The largest absolute Gasteiger partial charge is 0.493 e. The van der Waals surface area contributed by atoms with Gasteiger partial charge in [0.15, 0.2) is 0 Å². The first-order valence-electron chi connectivity index (χ1n) is 8.25. The second kappa shape index (κ2) is 6.89. The predicted octanol–water partition coefficient (Wildman–Crippen LogP) is 2.19. The summed E-state index contributed by atoms with van der Waals surface area (Å²) in [6, 6.07) is 14.0. The van der Waals surface area contributed by atoms with Crippen molar-refractivity contribution in [2.24, 2.45) is 0 Å². The number of hydrogen-bond acceptors (Lipinski definition) is 6. The molecule has 3 aromatic rings. The van der Waals surface area contributed by atoms with Gasteiger partial charge >= 0.3 is 0 Å². The van der Waals surface area contributed by atoms with Gasteiger partial charge in [-0.1, -0.05) is 23.4 Å². The molecule has 0 spiro atoms. The summed E-state index contributed by atoms with van der Waals surface area (Å²) in [6.07, 6.45) is 1.18. The first kappa shape index (κ1) is 16.7. The minimum absolute atomic E-state index is 0.177. The van der Waals surface area contributed by atoms with Gasteiger partial charge in [-0.2, -0.15) is 4.98 Å². The third-order valence-electron chi connectivity index (χ3n) is 4.10. The lowest BCUT2D eigenvalue weighted by atomic mass is 10.1. The zero-order chi connectivity index (χ0) is 18.0. The van der Waals surface area contributed by atoms with Gasteiger partial charge in [-0.15, -0.1) is 0 Å². The van der Waals surface area contributed by atoms with Gasteiger partial charge in [0.05, 0.1) is 11.5 Å². The Kier molecular flexibility index (Phi) is 4.44. The number of nitrogens with zero attached hydrogens (tertiary/aromatic N) is 2. The van der Waals surface area contributed by atoms with Crippen molar-refractivity contribution in [3.63, 3.8) is 0 Å². The van der Waals surface area contributed by atoms with Gasteiger partial charge in [-0.05, 0) is 35.9 Å². The van der Waals surface area contributed by atoms with Crippen molar-refractivity contribution in [3.8, 4) is 17.1 Å². The molecule has 8 heteroatoms. The summed E-state index contributed by atoms with van der Waals surface area (Å²) in [5.74, 6) is 1.76. The Morgan fingerprint density at radius 2 is 1.96 bits per heavy atom. The Balaban J connectivity index is 1.40. The van der Waals surface area contributed by atoms with Crippen LogP contribution in [0.25, 0.3) is 11.4 Å². The number of aromatic nitrogens is 2. The van der Waals surface area contributed by atoms with E-state index in [1.165, 1.54) is 0 Å². The Labute approximate surface area is 151 Å². The molecule has 0 amide bonds. The molecule has 0 radical (unpaired) electrons. The number of nitrogens with one attached hydrogen (secondary N) is 1. The van der Waals surface area contributed by atoms with Gasteiger partial charge in [0.25, 0.3) is 0 Å². The average molecular weight is 371 g/mol. The molecule has 2 aromatic carbocycles. The van der Waals surface area contributed by atoms with Crippen LogP contribution >= 0.6 is 0 Å². The molecule has 0 atom stereocenters. The Bertz CT molecular complexity index is 1020. The molecule has 1 N–H and O–H groups in total.